The second kappa shape index (κ2) is 8.48. The summed E-state index contributed by atoms with van der Waals surface area (Å²) in [7, 11) is 0. The predicted octanol–water partition coefficient (Wildman–Crippen LogP) is 4.70. The summed E-state index contributed by atoms with van der Waals surface area (Å²) in [6.07, 6.45) is 2.72. The van der Waals surface area contributed by atoms with Crippen LogP contribution in [-0.4, -0.2) is 46.9 Å². The number of carbonyl (C=O) groups excluding carboxylic acids is 2. The lowest BCUT2D eigenvalue weighted by atomic mass is 10.0. The minimum absolute atomic E-state index is 0.0123. The van der Waals surface area contributed by atoms with Gasteiger partial charge in [0.15, 0.2) is 0 Å². The second-order valence-corrected chi connectivity index (χ2v) is 11.2. The van der Waals surface area contributed by atoms with E-state index in [9.17, 15) is 9.59 Å². The van der Waals surface area contributed by atoms with Crippen LogP contribution in [-0.2, 0) is 6.42 Å². The highest BCUT2D eigenvalue weighted by molar-refractivity contribution is 7.15. The topological polar surface area (TPSA) is 71.5 Å². The van der Waals surface area contributed by atoms with Gasteiger partial charge in [-0.25, -0.2) is 4.98 Å². The minimum atomic E-state index is -0.0965. The van der Waals surface area contributed by atoms with Gasteiger partial charge in [-0.15, -0.1) is 11.3 Å². The number of aryl methyl sites for hydroxylation is 3. The molecule has 1 saturated heterocycles. The zero-order chi connectivity index (χ0) is 24.3. The van der Waals surface area contributed by atoms with Crippen molar-refractivity contribution in [2.24, 2.45) is 5.92 Å². The highest BCUT2D eigenvalue weighted by atomic mass is 32.1. The van der Waals surface area contributed by atoms with Crippen molar-refractivity contribution in [3.8, 4) is 16.2 Å². The van der Waals surface area contributed by atoms with E-state index < -0.39 is 0 Å². The standard InChI is InChI=1S/C28H29N3O3S/c1-15-9-16(2)11-19(10-15)26-25(30-17(3)35-26)28(33)31-20(12-18-13-23(18)31)14-29-27(32)22-5-4-6-24-21(22)7-8-34-24/h4-6,9-11,18,20,23H,7-8,12-14H2,1-3H3,(H,29,32)/t18-,20+,23+/m1/s1. The van der Waals surface area contributed by atoms with Crippen molar-refractivity contribution in [2.75, 3.05) is 13.2 Å². The Labute approximate surface area is 209 Å². The Morgan fingerprint density at radius 1 is 1.14 bits per heavy atom. The number of ether oxygens (including phenoxy) is 1. The molecule has 1 saturated carbocycles. The SMILES string of the molecule is Cc1cc(C)cc(-c2sc(C)nc2C(=O)N2[C@H](CNC(=O)c3cccc4c3CCO4)C[C@@H]3C[C@@H]32)c1. The molecular weight excluding hydrogens is 458 g/mol. The largest absolute Gasteiger partial charge is 0.493 e. The Kier molecular flexibility index (Phi) is 5.40. The van der Waals surface area contributed by atoms with E-state index in [1.165, 1.54) is 11.1 Å². The molecule has 0 radical (unpaired) electrons. The van der Waals surface area contributed by atoms with Crippen molar-refractivity contribution in [1.82, 2.24) is 15.2 Å². The van der Waals surface area contributed by atoms with Crippen LogP contribution in [0, 0.1) is 26.7 Å². The van der Waals surface area contributed by atoms with Crippen LogP contribution in [0.4, 0.5) is 0 Å². The van der Waals surface area contributed by atoms with Crippen LogP contribution in [0.2, 0.25) is 0 Å². The van der Waals surface area contributed by atoms with Crippen LogP contribution in [0.15, 0.2) is 36.4 Å². The second-order valence-electron chi connectivity index (χ2n) is 10.0. The average Bonchev–Trinajstić information content (AvgIpc) is 3.17. The number of benzene rings is 2. The maximum Gasteiger partial charge on any atom is 0.274 e. The van der Waals surface area contributed by atoms with Crippen molar-refractivity contribution in [1.29, 1.82) is 0 Å². The molecule has 3 aliphatic rings. The Morgan fingerprint density at radius 2 is 1.94 bits per heavy atom. The molecule has 0 spiro atoms. The molecule has 1 aliphatic carbocycles. The summed E-state index contributed by atoms with van der Waals surface area (Å²) in [4.78, 5) is 34.5. The molecule has 2 aromatic carbocycles. The van der Waals surface area contributed by atoms with Gasteiger partial charge in [-0.1, -0.05) is 35.4 Å². The molecule has 0 unspecified atom stereocenters. The monoisotopic (exact) mass is 487 g/mol. The smallest absolute Gasteiger partial charge is 0.274 e. The highest BCUT2D eigenvalue weighted by Gasteiger charge is 2.54. The van der Waals surface area contributed by atoms with Gasteiger partial charge >= 0.3 is 0 Å². The van der Waals surface area contributed by atoms with Gasteiger partial charge in [-0.2, -0.15) is 0 Å². The first-order valence-corrected chi connectivity index (χ1v) is 13.1. The van der Waals surface area contributed by atoms with Crippen molar-refractivity contribution in [3.63, 3.8) is 0 Å². The lowest BCUT2D eigenvalue weighted by Gasteiger charge is -2.28. The van der Waals surface area contributed by atoms with Gasteiger partial charge in [0.05, 0.1) is 22.5 Å². The number of likely N-dealkylation sites (tertiary alicyclic amines) is 1. The number of aromatic nitrogens is 1. The average molecular weight is 488 g/mol. The molecule has 7 heteroatoms. The fourth-order valence-corrected chi connectivity index (χ4v) is 6.69. The number of hydrogen-bond donors (Lipinski definition) is 1. The maximum atomic E-state index is 13.9. The number of piperidine rings is 1. The molecule has 1 aromatic heterocycles. The molecule has 2 amide bonds. The minimum Gasteiger partial charge on any atom is -0.493 e. The number of nitrogens with zero attached hydrogens (tertiary/aromatic N) is 2. The van der Waals surface area contributed by atoms with Crippen LogP contribution in [0.3, 0.4) is 0 Å². The van der Waals surface area contributed by atoms with Crippen LogP contribution in [0.25, 0.3) is 10.4 Å². The maximum absolute atomic E-state index is 13.9. The van der Waals surface area contributed by atoms with Gasteiger partial charge in [0.1, 0.15) is 11.4 Å². The van der Waals surface area contributed by atoms with E-state index >= 15 is 0 Å². The summed E-state index contributed by atoms with van der Waals surface area (Å²) in [5.41, 5.74) is 5.58. The number of fused-ring (bicyclic) bond motifs is 2. The number of amides is 2. The van der Waals surface area contributed by atoms with Gasteiger partial charge < -0.3 is 15.0 Å². The number of hydrogen-bond acceptors (Lipinski definition) is 5. The summed E-state index contributed by atoms with van der Waals surface area (Å²) < 4.78 is 5.61. The van der Waals surface area contributed by atoms with Crippen molar-refractivity contribution < 1.29 is 14.3 Å². The molecule has 3 aromatic rings. The molecule has 3 atom stereocenters. The molecule has 6 rings (SSSR count). The third-order valence-electron chi connectivity index (χ3n) is 7.35. The van der Waals surface area contributed by atoms with E-state index in [0.717, 1.165) is 46.0 Å². The Bertz CT molecular complexity index is 1330. The normalized spacial score (nSPS) is 21.9. The number of thiazole rings is 1. The number of nitrogens with one attached hydrogen (secondary N) is 1. The zero-order valence-corrected chi connectivity index (χ0v) is 21.1. The summed E-state index contributed by atoms with van der Waals surface area (Å²) in [5.74, 6) is 1.22. The zero-order valence-electron chi connectivity index (χ0n) is 20.3. The Morgan fingerprint density at radius 3 is 2.74 bits per heavy atom. The molecule has 2 fully saturated rings. The highest BCUT2D eigenvalue weighted by Crippen LogP contribution is 2.49. The Balaban J connectivity index is 1.23. The lowest BCUT2D eigenvalue weighted by Crippen LogP contribution is -2.45. The first-order valence-electron chi connectivity index (χ1n) is 12.3. The van der Waals surface area contributed by atoms with E-state index in [2.05, 4.69) is 42.3 Å². The van der Waals surface area contributed by atoms with Gasteiger partial charge in [0, 0.05) is 30.1 Å². The number of rotatable bonds is 5. The fraction of sp³-hybridized carbons (Fsp3) is 0.393. The van der Waals surface area contributed by atoms with E-state index in [0.29, 0.717) is 30.3 Å². The molecule has 2 aliphatic heterocycles. The fourth-order valence-electron chi connectivity index (χ4n) is 5.79. The number of carbonyl (C=O) groups is 2. The quantitative estimate of drug-likeness (QED) is 0.566. The van der Waals surface area contributed by atoms with Crippen LogP contribution in [0.1, 0.15) is 55.4 Å². The van der Waals surface area contributed by atoms with Crippen LogP contribution >= 0.6 is 11.3 Å². The summed E-state index contributed by atoms with van der Waals surface area (Å²) in [5, 5.41) is 4.00. The first-order chi connectivity index (χ1) is 16.9. The third kappa shape index (κ3) is 4.01. The molecular formula is C28H29N3O3S. The van der Waals surface area contributed by atoms with Crippen molar-refractivity contribution >= 4 is 23.2 Å². The van der Waals surface area contributed by atoms with Crippen LogP contribution in [0.5, 0.6) is 5.75 Å². The van der Waals surface area contributed by atoms with Crippen molar-refractivity contribution in [3.05, 3.63) is 69.4 Å². The lowest BCUT2D eigenvalue weighted by molar-refractivity contribution is 0.0684. The first kappa shape index (κ1) is 22.3. The van der Waals surface area contributed by atoms with E-state index in [4.69, 9.17) is 4.74 Å². The molecule has 180 valence electrons. The Hall–Kier alpha value is -3.19. The summed E-state index contributed by atoms with van der Waals surface area (Å²) in [6.45, 7) is 7.17. The van der Waals surface area contributed by atoms with Gasteiger partial charge in [0.2, 0.25) is 0 Å². The summed E-state index contributed by atoms with van der Waals surface area (Å²) >= 11 is 1.57. The summed E-state index contributed by atoms with van der Waals surface area (Å²) in [6, 6.07) is 12.3. The third-order valence-corrected chi connectivity index (χ3v) is 8.37. The van der Waals surface area contributed by atoms with Gasteiger partial charge in [0.25, 0.3) is 11.8 Å². The van der Waals surface area contributed by atoms with E-state index in [1.807, 2.05) is 30.0 Å². The van der Waals surface area contributed by atoms with Crippen molar-refractivity contribution in [2.45, 2.75) is 52.1 Å². The molecule has 35 heavy (non-hydrogen) atoms. The molecule has 6 nitrogen and oxygen atoms in total. The van der Waals surface area contributed by atoms with Gasteiger partial charge in [-0.05, 0) is 57.2 Å². The molecule has 1 N–H and O–H groups in total. The van der Waals surface area contributed by atoms with E-state index in [1.54, 1.807) is 11.3 Å². The van der Waals surface area contributed by atoms with E-state index in [-0.39, 0.29) is 23.9 Å². The molecule has 0 bridgehead atoms. The molecule has 3 heterocycles. The predicted molar refractivity (Wildman–Crippen MR) is 136 cm³/mol. The van der Waals surface area contributed by atoms with Gasteiger partial charge in [-0.3, -0.25) is 9.59 Å². The van der Waals surface area contributed by atoms with Crippen LogP contribution < -0.4 is 10.1 Å².